The summed E-state index contributed by atoms with van der Waals surface area (Å²) in [7, 11) is -3.88. The van der Waals surface area contributed by atoms with E-state index >= 15 is 0 Å². The molecule has 7 nitrogen and oxygen atoms in total. The molecule has 0 saturated heterocycles. The van der Waals surface area contributed by atoms with Crippen molar-refractivity contribution in [3.63, 3.8) is 0 Å². The van der Waals surface area contributed by atoms with Gasteiger partial charge in [0.05, 0.1) is 4.90 Å². The van der Waals surface area contributed by atoms with E-state index in [0.717, 1.165) is 18.4 Å². The minimum Gasteiger partial charge on any atom is -0.356 e. The standard InChI is InChI=1S/C15H23N3O4S/c1-3-4-10-17-15(20)18-23(21,22)14-7-5-13(6-8-14)9-11-16-12(2)19/h5-8H,3-4,9-11H2,1-2H3,(H,16,19)(H2,17,18,20). The smallest absolute Gasteiger partial charge is 0.328 e. The van der Waals surface area contributed by atoms with Crippen LogP contribution in [0.15, 0.2) is 29.2 Å². The average Bonchev–Trinajstić information content (AvgIpc) is 2.47. The molecule has 0 aromatic heterocycles. The van der Waals surface area contributed by atoms with Crippen molar-refractivity contribution in [1.29, 1.82) is 0 Å². The average molecular weight is 341 g/mol. The fourth-order valence-electron chi connectivity index (χ4n) is 1.81. The third-order valence-corrected chi connectivity index (χ3v) is 4.41. The second-order valence-corrected chi connectivity index (χ2v) is 6.77. The molecule has 128 valence electrons. The second kappa shape index (κ2) is 9.14. The van der Waals surface area contributed by atoms with E-state index < -0.39 is 16.1 Å². The summed E-state index contributed by atoms with van der Waals surface area (Å²) in [6.07, 6.45) is 2.30. The van der Waals surface area contributed by atoms with Crippen molar-refractivity contribution in [2.75, 3.05) is 13.1 Å². The van der Waals surface area contributed by atoms with Crippen molar-refractivity contribution in [2.24, 2.45) is 0 Å². The van der Waals surface area contributed by atoms with Crippen molar-refractivity contribution in [1.82, 2.24) is 15.4 Å². The highest BCUT2D eigenvalue weighted by molar-refractivity contribution is 7.90. The summed E-state index contributed by atoms with van der Waals surface area (Å²) in [4.78, 5) is 22.3. The molecule has 0 aliphatic carbocycles. The number of sulfonamides is 1. The first kappa shape index (κ1) is 19.0. The van der Waals surface area contributed by atoms with Gasteiger partial charge >= 0.3 is 6.03 Å². The van der Waals surface area contributed by atoms with E-state index in [9.17, 15) is 18.0 Å². The number of amides is 3. The number of nitrogens with one attached hydrogen (secondary N) is 3. The minimum absolute atomic E-state index is 0.0198. The van der Waals surface area contributed by atoms with Crippen molar-refractivity contribution in [3.8, 4) is 0 Å². The van der Waals surface area contributed by atoms with Crippen LogP contribution in [0.2, 0.25) is 0 Å². The van der Waals surface area contributed by atoms with Gasteiger partial charge in [-0.25, -0.2) is 17.9 Å². The van der Waals surface area contributed by atoms with E-state index in [-0.39, 0.29) is 10.8 Å². The maximum atomic E-state index is 12.1. The lowest BCUT2D eigenvalue weighted by molar-refractivity contribution is -0.118. The fraction of sp³-hybridized carbons (Fsp3) is 0.467. The Balaban J connectivity index is 2.59. The number of urea groups is 1. The summed E-state index contributed by atoms with van der Waals surface area (Å²) in [5, 5.41) is 5.16. The van der Waals surface area contributed by atoms with E-state index in [0.29, 0.717) is 19.5 Å². The van der Waals surface area contributed by atoms with E-state index in [2.05, 4.69) is 10.6 Å². The summed E-state index contributed by atoms with van der Waals surface area (Å²) in [6, 6.07) is 5.46. The third-order valence-electron chi connectivity index (χ3n) is 3.06. The summed E-state index contributed by atoms with van der Waals surface area (Å²) in [6.45, 7) is 4.33. The highest BCUT2D eigenvalue weighted by Gasteiger charge is 2.16. The lowest BCUT2D eigenvalue weighted by Gasteiger charge is -2.09. The Morgan fingerprint density at radius 3 is 2.26 bits per heavy atom. The molecule has 0 spiro atoms. The maximum absolute atomic E-state index is 12.1. The Kier molecular flexibility index (Phi) is 7.53. The normalized spacial score (nSPS) is 10.9. The van der Waals surface area contributed by atoms with E-state index in [1.165, 1.54) is 19.1 Å². The van der Waals surface area contributed by atoms with Crippen LogP contribution in [0.4, 0.5) is 4.79 Å². The molecule has 0 heterocycles. The van der Waals surface area contributed by atoms with E-state index in [1.807, 2.05) is 11.6 Å². The molecular formula is C15H23N3O4S. The predicted octanol–water partition coefficient (Wildman–Crippen LogP) is 1.15. The van der Waals surface area contributed by atoms with Gasteiger partial charge in [-0.05, 0) is 30.5 Å². The van der Waals surface area contributed by atoms with Crippen LogP contribution >= 0.6 is 0 Å². The number of hydrogen-bond acceptors (Lipinski definition) is 4. The van der Waals surface area contributed by atoms with Crippen molar-refractivity contribution < 1.29 is 18.0 Å². The first-order valence-corrected chi connectivity index (χ1v) is 8.97. The zero-order valence-corrected chi connectivity index (χ0v) is 14.2. The molecule has 8 heteroatoms. The molecule has 0 bridgehead atoms. The summed E-state index contributed by atoms with van der Waals surface area (Å²) < 4.78 is 26.1. The lowest BCUT2D eigenvalue weighted by atomic mass is 10.1. The van der Waals surface area contributed by atoms with Gasteiger partial charge in [0.1, 0.15) is 0 Å². The molecule has 1 aromatic rings. The Morgan fingerprint density at radius 1 is 1.04 bits per heavy atom. The van der Waals surface area contributed by atoms with E-state index in [4.69, 9.17) is 0 Å². The van der Waals surface area contributed by atoms with Crippen LogP contribution in [-0.4, -0.2) is 33.4 Å². The minimum atomic E-state index is -3.88. The number of benzene rings is 1. The first-order chi connectivity index (χ1) is 10.8. The SMILES string of the molecule is CCCCNC(=O)NS(=O)(=O)c1ccc(CCNC(C)=O)cc1. The van der Waals surface area contributed by atoms with Gasteiger partial charge < -0.3 is 10.6 Å². The molecule has 0 radical (unpaired) electrons. The monoisotopic (exact) mass is 341 g/mol. The number of carbonyl (C=O) groups is 2. The van der Waals surface area contributed by atoms with Crippen molar-refractivity contribution >= 4 is 22.0 Å². The maximum Gasteiger partial charge on any atom is 0.328 e. The van der Waals surface area contributed by atoms with Crippen LogP contribution < -0.4 is 15.4 Å². The molecule has 23 heavy (non-hydrogen) atoms. The van der Waals surface area contributed by atoms with Crippen LogP contribution in [0.3, 0.4) is 0 Å². The van der Waals surface area contributed by atoms with Crippen molar-refractivity contribution in [3.05, 3.63) is 29.8 Å². The molecule has 0 atom stereocenters. The summed E-state index contributed by atoms with van der Waals surface area (Å²) in [5.74, 6) is -0.109. The lowest BCUT2D eigenvalue weighted by Crippen LogP contribution is -2.39. The van der Waals surface area contributed by atoms with Crippen LogP contribution in [0.5, 0.6) is 0 Å². The topological polar surface area (TPSA) is 104 Å². The van der Waals surface area contributed by atoms with Gasteiger partial charge in [-0.2, -0.15) is 0 Å². The highest BCUT2D eigenvalue weighted by atomic mass is 32.2. The van der Waals surface area contributed by atoms with Gasteiger partial charge in [0.2, 0.25) is 5.91 Å². The Bertz CT molecular complexity index is 627. The Morgan fingerprint density at radius 2 is 1.70 bits per heavy atom. The molecule has 3 amide bonds. The van der Waals surface area contributed by atoms with Gasteiger partial charge in [0.25, 0.3) is 10.0 Å². The highest BCUT2D eigenvalue weighted by Crippen LogP contribution is 2.10. The van der Waals surface area contributed by atoms with Crippen LogP contribution in [-0.2, 0) is 21.2 Å². The molecule has 1 aromatic carbocycles. The number of unbranched alkanes of at least 4 members (excludes halogenated alkanes) is 1. The molecule has 0 aliphatic heterocycles. The molecule has 0 saturated carbocycles. The number of hydrogen-bond donors (Lipinski definition) is 3. The van der Waals surface area contributed by atoms with E-state index in [1.54, 1.807) is 12.1 Å². The summed E-state index contributed by atoms with van der Waals surface area (Å²) in [5.41, 5.74) is 0.894. The van der Waals surface area contributed by atoms with Gasteiger partial charge in [-0.1, -0.05) is 25.5 Å². The van der Waals surface area contributed by atoms with Crippen LogP contribution in [0.25, 0.3) is 0 Å². The largest absolute Gasteiger partial charge is 0.356 e. The molecule has 3 N–H and O–H groups in total. The number of carbonyl (C=O) groups excluding carboxylic acids is 2. The predicted molar refractivity (Wildman–Crippen MR) is 87.5 cm³/mol. The van der Waals surface area contributed by atoms with Gasteiger partial charge in [0.15, 0.2) is 0 Å². The first-order valence-electron chi connectivity index (χ1n) is 7.49. The van der Waals surface area contributed by atoms with Crippen molar-refractivity contribution in [2.45, 2.75) is 38.0 Å². The second-order valence-electron chi connectivity index (χ2n) is 5.09. The Hall–Kier alpha value is -2.09. The zero-order valence-electron chi connectivity index (χ0n) is 13.4. The van der Waals surface area contributed by atoms with Gasteiger partial charge in [0, 0.05) is 20.0 Å². The number of rotatable bonds is 8. The summed E-state index contributed by atoms with van der Waals surface area (Å²) >= 11 is 0. The molecule has 0 unspecified atom stereocenters. The fourth-order valence-corrected chi connectivity index (χ4v) is 2.74. The van der Waals surface area contributed by atoms with Crippen LogP contribution in [0.1, 0.15) is 32.3 Å². The van der Waals surface area contributed by atoms with Gasteiger partial charge in [-0.3, -0.25) is 4.79 Å². The molecule has 0 aliphatic rings. The zero-order chi connectivity index (χ0) is 17.3. The third kappa shape index (κ3) is 7.14. The molecule has 0 fully saturated rings. The molecule has 1 rings (SSSR count). The molecular weight excluding hydrogens is 318 g/mol. The Labute approximate surface area is 136 Å². The van der Waals surface area contributed by atoms with Gasteiger partial charge in [-0.15, -0.1) is 0 Å². The van der Waals surface area contributed by atoms with Crippen LogP contribution in [0, 0.1) is 0 Å². The quantitative estimate of drug-likeness (QED) is 0.617.